The first-order valence-electron chi connectivity index (χ1n) is 21.5. The van der Waals surface area contributed by atoms with Crippen molar-refractivity contribution in [2.45, 2.75) is 145 Å². The van der Waals surface area contributed by atoms with Crippen LogP contribution in [0.5, 0.6) is 0 Å². The number of benzene rings is 2. The molecule has 0 spiro atoms. The first-order valence-corrected chi connectivity index (χ1v) is 21.5. The van der Waals surface area contributed by atoms with Crippen molar-refractivity contribution in [1.82, 2.24) is 15.0 Å². The van der Waals surface area contributed by atoms with Gasteiger partial charge in [0, 0.05) is 5.41 Å². The van der Waals surface area contributed by atoms with Crippen molar-refractivity contribution in [3.63, 3.8) is 0 Å². The molecule has 9 heteroatoms. The zero-order valence-electron chi connectivity index (χ0n) is 35.2. The Hall–Kier alpha value is -4.01. The number of aromatic nitrogens is 3. The Morgan fingerprint density at radius 2 is 1.61 bits per heavy atom. The maximum Gasteiger partial charge on any atom is 0.328 e. The second-order valence-electron chi connectivity index (χ2n) is 20.9. The zero-order valence-corrected chi connectivity index (χ0v) is 35.2. The van der Waals surface area contributed by atoms with E-state index >= 15 is 0 Å². The maximum absolute atomic E-state index is 13.5. The Morgan fingerprint density at radius 3 is 2.40 bits per heavy atom. The van der Waals surface area contributed by atoms with E-state index in [-0.39, 0.29) is 76.5 Å². The minimum absolute atomic E-state index is 0.0216. The maximum atomic E-state index is 13.5. The molecule has 1 heterocycles. The Morgan fingerprint density at radius 1 is 0.860 bits per heavy atom. The number of allylic oxidation sites excluding steroid dienone is 2. The number of nitrogens with zero attached hydrogens (tertiary/aromatic N) is 3. The van der Waals surface area contributed by atoms with Crippen LogP contribution in [0.25, 0.3) is 10.8 Å². The summed E-state index contributed by atoms with van der Waals surface area (Å²) < 4.78 is 13.3. The highest BCUT2D eigenvalue weighted by molar-refractivity contribution is 5.89. The number of carbonyl (C=O) groups is 3. The molecular weight excluding hydrogens is 715 g/mol. The molecule has 0 bridgehead atoms. The fourth-order valence-electron chi connectivity index (χ4n) is 13.8. The summed E-state index contributed by atoms with van der Waals surface area (Å²) in [5, 5.41) is 20.5. The molecule has 9 nitrogen and oxygen atoms in total. The smallest absolute Gasteiger partial charge is 0.328 e. The summed E-state index contributed by atoms with van der Waals surface area (Å²) >= 11 is 0. The van der Waals surface area contributed by atoms with Gasteiger partial charge in [-0.1, -0.05) is 108 Å². The number of hydrogen-bond acceptors (Lipinski definition) is 7. The molecule has 5 aliphatic rings. The molecule has 4 fully saturated rings. The van der Waals surface area contributed by atoms with Crippen LogP contribution < -0.4 is 0 Å². The molecule has 3 aromatic rings. The van der Waals surface area contributed by atoms with Crippen molar-refractivity contribution in [2.24, 2.45) is 50.2 Å². The first-order chi connectivity index (χ1) is 26.9. The highest BCUT2D eigenvalue weighted by atomic mass is 16.5. The van der Waals surface area contributed by atoms with Gasteiger partial charge in [-0.25, -0.2) is 4.68 Å². The highest BCUT2D eigenvalue weighted by Crippen LogP contribution is 2.76. The van der Waals surface area contributed by atoms with Crippen molar-refractivity contribution in [3.8, 4) is 0 Å². The largest absolute Gasteiger partial charge is 0.481 e. The molecule has 2 aromatic carbocycles. The van der Waals surface area contributed by atoms with E-state index < -0.39 is 5.97 Å². The number of fused-ring (bicyclic) bond motifs is 8. The molecule has 8 rings (SSSR count). The van der Waals surface area contributed by atoms with Crippen LogP contribution in [0.2, 0.25) is 0 Å². The van der Waals surface area contributed by atoms with Gasteiger partial charge >= 0.3 is 17.9 Å². The van der Waals surface area contributed by atoms with E-state index in [0.717, 1.165) is 80.5 Å². The second-order valence-corrected chi connectivity index (χ2v) is 20.9. The lowest BCUT2D eigenvalue weighted by atomic mass is 9.33. The van der Waals surface area contributed by atoms with Crippen LogP contribution in [0.3, 0.4) is 0 Å². The van der Waals surface area contributed by atoms with Crippen LogP contribution in [-0.4, -0.2) is 44.1 Å². The van der Waals surface area contributed by atoms with Crippen molar-refractivity contribution in [2.75, 3.05) is 0 Å². The first kappa shape index (κ1) is 39.8. The van der Waals surface area contributed by atoms with Gasteiger partial charge in [-0.3, -0.25) is 14.4 Å². The van der Waals surface area contributed by atoms with E-state index in [9.17, 15) is 19.5 Å². The number of hydrogen-bond donors (Lipinski definition) is 1. The highest BCUT2D eigenvalue weighted by Gasteiger charge is 2.68. The molecule has 4 saturated carbocycles. The molecular formula is C48H63N3O6. The molecule has 1 unspecified atom stereocenters. The van der Waals surface area contributed by atoms with Crippen LogP contribution in [0, 0.1) is 50.2 Å². The van der Waals surface area contributed by atoms with Gasteiger partial charge in [-0.15, -0.1) is 5.10 Å². The topological polar surface area (TPSA) is 121 Å². The molecule has 0 saturated heterocycles. The van der Waals surface area contributed by atoms with Gasteiger partial charge in [0.1, 0.15) is 24.9 Å². The Kier molecular flexibility index (Phi) is 9.83. The zero-order chi connectivity index (χ0) is 40.6. The van der Waals surface area contributed by atoms with E-state index in [1.165, 1.54) is 4.68 Å². The van der Waals surface area contributed by atoms with E-state index in [1.54, 1.807) is 11.8 Å². The van der Waals surface area contributed by atoms with E-state index in [2.05, 4.69) is 64.9 Å². The number of carbonyl (C=O) groups excluding carboxylic acids is 2. The summed E-state index contributed by atoms with van der Waals surface area (Å²) in [4.78, 5) is 38.5. The Bertz CT molecular complexity index is 2100. The van der Waals surface area contributed by atoms with E-state index in [0.29, 0.717) is 23.4 Å². The standard InChI is InChI=1S/C48H63N3O6/c1-43(2)21-23-48(27-40(52)53)24-22-46(6)35(36(48)26-43)15-16-38-45(5)19-18-39(44(3,4)37(45)17-20-47(38,46)7)57-42(55)29-51-28-33(49-50-51)30-56-41(54)25-32-13-10-12-31-11-8-9-14-34(31)32/h8-15,28,36-39H,16-27,29-30H2,1-7H3,(H,52,53)/t36-,37?,38-,39+,45+,46-,47-,48-/m1/s1. The number of rotatable bonds is 9. The minimum atomic E-state index is -0.644. The molecule has 0 radical (unpaired) electrons. The Balaban J connectivity index is 0.915. The van der Waals surface area contributed by atoms with Crippen LogP contribution in [0.4, 0.5) is 0 Å². The second kappa shape index (κ2) is 14.1. The average Bonchev–Trinajstić information content (AvgIpc) is 3.59. The van der Waals surface area contributed by atoms with Gasteiger partial charge in [-0.2, -0.15) is 0 Å². The quantitative estimate of drug-likeness (QED) is 0.168. The number of aliphatic carboxylic acids is 1. The number of carboxylic acids is 1. The summed E-state index contributed by atoms with van der Waals surface area (Å²) in [6.07, 6.45) is 14.9. The lowest BCUT2D eigenvalue weighted by Gasteiger charge is -2.71. The van der Waals surface area contributed by atoms with E-state index in [4.69, 9.17) is 9.47 Å². The lowest BCUT2D eigenvalue weighted by Crippen LogP contribution is -2.65. The summed E-state index contributed by atoms with van der Waals surface area (Å²) in [5.74, 6) is -0.0815. The summed E-state index contributed by atoms with van der Waals surface area (Å²) in [7, 11) is 0. The molecule has 1 N–H and O–H groups in total. The number of carboxylic acid groups (broad SMARTS) is 1. The predicted molar refractivity (Wildman–Crippen MR) is 219 cm³/mol. The summed E-state index contributed by atoms with van der Waals surface area (Å²) in [5.41, 5.74) is 3.11. The van der Waals surface area contributed by atoms with Crippen molar-refractivity contribution in [3.05, 3.63) is 71.6 Å². The van der Waals surface area contributed by atoms with Gasteiger partial charge in [0.25, 0.3) is 0 Å². The molecule has 0 aliphatic heterocycles. The molecule has 1 aromatic heterocycles. The molecule has 0 amide bonds. The van der Waals surface area contributed by atoms with Gasteiger partial charge in [0.15, 0.2) is 0 Å². The van der Waals surface area contributed by atoms with Crippen LogP contribution in [0.15, 0.2) is 60.3 Å². The van der Waals surface area contributed by atoms with Crippen LogP contribution in [0.1, 0.15) is 130 Å². The van der Waals surface area contributed by atoms with Gasteiger partial charge in [0.2, 0.25) is 0 Å². The van der Waals surface area contributed by atoms with Gasteiger partial charge in [0.05, 0.1) is 19.0 Å². The third-order valence-corrected chi connectivity index (χ3v) is 17.0. The van der Waals surface area contributed by atoms with E-state index in [1.807, 2.05) is 42.5 Å². The van der Waals surface area contributed by atoms with Crippen molar-refractivity contribution in [1.29, 1.82) is 0 Å². The summed E-state index contributed by atoms with van der Waals surface area (Å²) in [6, 6.07) is 13.9. The number of ether oxygens (including phenoxy) is 2. The van der Waals surface area contributed by atoms with Crippen molar-refractivity contribution >= 4 is 28.7 Å². The molecule has 57 heavy (non-hydrogen) atoms. The molecule has 5 aliphatic carbocycles. The fraction of sp³-hybridized carbons (Fsp3) is 0.646. The van der Waals surface area contributed by atoms with Gasteiger partial charge in [-0.05, 0) is 125 Å². The monoisotopic (exact) mass is 777 g/mol. The van der Waals surface area contributed by atoms with Crippen molar-refractivity contribution < 1.29 is 29.0 Å². The predicted octanol–water partition coefficient (Wildman–Crippen LogP) is 9.91. The minimum Gasteiger partial charge on any atom is -0.481 e. The summed E-state index contributed by atoms with van der Waals surface area (Å²) in [6.45, 7) is 17.0. The normalized spacial score (nSPS) is 35.1. The third kappa shape index (κ3) is 6.73. The van der Waals surface area contributed by atoms with Crippen LogP contribution >= 0.6 is 0 Å². The Labute approximate surface area is 338 Å². The molecule has 306 valence electrons. The van der Waals surface area contributed by atoms with Crippen LogP contribution in [-0.2, 0) is 43.4 Å². The fourth-order valence-corrected chi connectivity index (χ4v) is 13.8. The molecule has 8 atom stereocenters. The average molecular weight is 778 g/mol. The lowest BCUT2D eigenvalue weighted by molar-refractivity contribution is -0.213. The number of esters is 2. The van der Waals surface area contributed by atoms with Gasteiger partial charge < -0.3 is 14.6 Å². The SMILES string of the molecule is CC1(C)CC[C@]2(CC(=O)O)CC[C@]3(C)C(=CC[C@@H]4[C@@]5(C)CC[C@H](OC(=O)Cn6cc(COC(=O)Cc7cccc8ccccc78)nn6)C(C)(C)C5CC[C@]43C)[C@H]2C1. The third-order valence-electron chi connectivity index (χ3n) is 17.0.